The van der Waals surface area contributed by atoms with Gasteiger partial charge in [-0.1, -0.05) is 17.7 Å². The molecule has 1 atom stereocenters. The van der Waals surface area contributed by atoms with Crippen LogP contribution in [0.25, 0.3) is 0 Å². The Labute approximate surface area is 169 Å². The Morgan fingerprint density at radius 2 is 2.03 bits per heavy atom. The van der Waals surface area contributed by atoms with Crippen molar-refractivity contribution >= 4 is 29.1 Å². The molecule has 29 heavy (non-hydrogen) atoms. The van der Waals surface area contributed by atoms with Crippen LogP contribution in [-0.4, -0.2) is 48.9 Å². The minimum Gasteiger partial charge on any atom is -0.497 e. The van der Waals surface area contributed by atoms with Crippen molar-refractivity contribution in [3.05, 3.63) is 53.6 Å². The molecule has 150 valence electrons. The Morgan fingerprint density at radius 3 is 2.83 bits per heavy atom. The molecule has 4 rings (SSSR count). The molecule has 0 spiro atoms. The summed E-state index contributed by atoms with van der Waals surface area (Å²) in [6, 6.07) is 11.9. The van der Waals surface area contributed by atoms with E-state index in [4.69, 9.17) is 4.74 Å². The largest absolute Gasteiger partial charge is 0.497 e. The molecule has 2 aliphatic heterocycles. The summed E-state index contributed by atoms with van der Waals surface area (Å²) in [6.07, 6.45) is 1.40. The Hall–Kier alpha value is -3.35. The molecular formula is C22H23N3O4. The smallest absolute Gasteiger partial charge is 0.256 e. The van der Waals surface area contributed by atoms with Crippen molar-refractivity contribution in [1.82, 2.24) is 4.90 Å². The minimum absolute atomic E-state index is 0.143. The fraction of sp³-hybridized carbons (Fsp3) is 0.318. The van der Waals surface area contributed by atoms with Gasteiger partial charge in [-0.2, -0.15) is 0 Å². The molecule has 2 aromatic carbocycles. The summed E-state index contributed by atoms with van der Waals surface area (Å²) in [6.45, 7) is 2.30. The van der Waals surface area contributed by atoms with Gasteiger partial charge in [0.2, 0.25) is 11.8 Å². The lowest BCUT2D eigenvalue weighted by Crippen LogP contribution is -2.47. The Morgan fingerprint density at radius 1 is 1.21 bits per heavy atom. The maximum absolute atomic E-state index is 13.2. The monoisotopic (exact) mass is 393 g/mol. The number of ether oxygens (including phenoxy) is 1. The molecular weight excluding hydrogens is 370 g/mol. The molecule has 2 aliphatic rings. The van der Waals surface area contributed by atoms with Crippen LogP contribution in [0.2, 0.25) is 0 Å². The number of carbonyl (C=O) groups excluding carboxylic acids is 3. The van der Waals surface area contributed by atoms with Crippen LogP contribution in [0.15, 0.2) is 42.5 Å². The highest BCUT2D eigenvalue weighted by Gasteiger charge is 2.42. The van der Waals surface area contributed by atoms with Crippen LogP contribution in [0.1, 0.15) is 28.8 Å². The van der Waals surface area contributed by atoms with Crippen molar-refractivity contribution in [2.75, 3.05) is 30.4 Å². The Bertz CT molecular complexity index is 988. The van der Waals surface area contributed by atoms with E-state index in [0.29, 0.717) is 35.7 Å². The molecule has 1 unspecified atom stereocenters. The molecule has 7 heteroatoms. The normalized spacial score (nSPS) is 18.2. The van der Waals surface area contributed by atoms with Gasteiger partial charge in [0.05, 0.1) is 18.4 Å². The second kappa shape index (κ2) is 7.58. The zero-order chi connectivity index (χ0) is 20.5. The molecule has 0 saturated carbocycles. The molecule has 1 N–H and O–H groups in total. The molecule has 0 bridgehead atoms. The lowest BCUT2D eigenvalue weighted by Gasteiger charge is -2.25. The van der Waals surface area contributed by atoms with Gasteiger partial charge in [-0.05, 0) is 44.0 Å². The van der Waals surface area contributed by atoms with Crippen molar-refractivity contribution in [2.45, 2.75) is 25.8 Å². The van der Waals surface area contributed by atoms with E-state index < -0.39 is 6.04 Å². The summed E-state index contributed by atoms with van der Waals surface area (Å²) in [5.74, 6) is -0.0619. The standard InChI is InChI=1S/C22H23N3O4/c1-14-8-9-18-17(11-14)21(27)24-10-4-7-19(24)22(28)25(18)13-20(26)23-15-5-3-6-16(12-15)29-2/h3,5-6,8-9,11-12,19H,4,7,10,13H2,1-2H3,(H,23,26). The van der Waals surface area contributed by atoms with E-state index in [-0.39, 0.29) is 24.3 Å². The summed E-state index contributed by atoms with van der Waals surface area (Å²) >= 11 is 0. The van der Waals surface area contributed by atoms with Gasteiger partial charge >= 0.3 is 0 Å². The predicted octanol–water partition coefficient (Wildman–Crippen LogP) is 2.59. The van der Waals surface area contributed by atoms with Gasteiger partial charge in [-0.15, -0.1) is 0 Å². The number of benzene rings is 2. The van der Waals surface area contributed by atoms with Crippen molar-refractivity contribution in [3.8, 4) is 5.75 Å². The first kappa shape index (κ1) is 19.0. The SMILES string of the molecule is COc1cccc(NC(=O)CN2C(=O)C3CCCN3C(=O)c3cc(C)ccc32)c1. The summed E-state index contributed by atoms with van der Waals surface area (Å²) in [7, 11) is 1.56. The highest BCUT2D eigenvalue weighted by atomic mass is 16.5. The van der Waals surface area contributed by atoms with Crippen LogP contribution in [-0.2, 0) is 9.59 Å². The molecule has 0 aromatic heterocycles. The van der Waals surface area contributed by atoms with Crippen molar-refractivity contribution in [2.24, 2.45) is 0 Å². The second-order valence-corrected chi connectivity index (χ2v) is 7.38. The number of hydrogen-bond donors (Lipinski definition) is 1. The number of methoxy groups -OCH3 is 1. The van der Waals surface area contributed by atoms with E-state index in [9.17, 15) is 14.4 Å². The molecule has 1 saturated heterocycles. The van der Waals surface area contributed by atoms with Crippen molar-refractivity contribution in [1.29, 1.82) is 0 Å². The fourth-order valence-electron chi connectivity index (χ4n) is 3.98. The number of fused-ring (bicyclic) bond motifs is 2. The summed E-state index contributed by atoms with van der Waals surface area (Å²) < 4.78 is 5.18. The molecule has 0 aliphatic carbocycles. The third-order valence-corrected chi connectivity index (χ3v) is 5.39. The molecule has 2 aromatic rings. The van der Waals surface area contributed by atoms with Crippen molar-refractivity contribution in [3.63, 3.8) is 0 Å². The average molecular weight is 393 g/mol. The van der Waals surface area contributed by atoms with E-state index in [1.165, 1.54) is 4.90 Å². The quantitative estimate of drug-likeness (QED) is 0.866. The number of nitrogens with one attached hydrogen (secondary N) is 1. The highest BCUT2D eigenvalue weighted by Crippen LogP contribution is 2.33. The van der Waals surface area contributed by atoms with Gasteiger partial charge in [0.1, 0.15) is 18.3 Å². The minimum atomic E-state index is -0.514. The first-order valence-electron chi connectivity index (χ1n) is 9.65. The van der Waals surface area contributed by atoms with Gasteiger partial charge in [0.15, 0.2) is 0 Å². The molecule has 3 amide bonds. The van der Waals surface area contributed by atoms with Crippen LogP contribution in [0, 0.1) is 6.92 Å². The Balaban J connectivity index is 1.64. The third-order valence-electron chi connectivity index (χ3n) is 5.39. The topological polar surface area (TPSA) is 79.0 Å². The summed E-state index contributed by atoms with van der Waals surface area (Å²) in [4.78, 5) is 42.1. The number of anilines is 2. The van der Waals surface area contributed by atoms with Crippen LogP contribution in [0.4, 0.5) is 11.4 Å². The van der Waals surface area contributed by atoms with Gasteiger partial charge < -0.3 is 19.9 Å². The summed E-state index contributed by atoms with van der Waals surface area (Å²) in [5.41, 5.74) is 2.47. The first-order chi connectivity index (χ1) is 14.0. The maximum Gasteiger partial charge on any atom is 0.256 e. The van der Waals surface area contributed by atoms with Crippen LogP contribution in [0.3, 0.4) is 0 Å². The lowest BCUT2D eigenvalue weighted by molar-refractivity contribution is -0.124. The predicted molar refractivity (Wildman–Crippen MR) is 109 cm³/mol. The van der Waals surface area contributed by atoms with Gasteiger partial charge in [-0.3, -0.25) is 14.4 Å². The number of amides is 3. The van der Waals surface area contributed by atoms with E-state index in [1.807, 2.05) is 13.0 Å². The molecule has 7 nitrogen and oxygen atoms in total. The van der Waals surface area contributed by atoms with E-state index in [0.717, 1.165) is 12.0 Å². The summed E-state index contributed by atoms with van der Waals surface area (Å²) in [5, 5.41) is 2.81. The van der Waals surface area contributed by atoms with Crippen LogP contribution in [0.5, 0.6) is 5.75 Å². The number of nitrogens with zero attached hydrogens (tertiary/aromatic N) is 2. The van der Waals surface area contributed by atoms with Gasteiger partial charge in [0, 0.05) is 18.3 Å². The van der Waals surface area contributed by atoms with E-state index in [2.05, 4.69) is 5.32 Å². The van der Waals surface area contributed by atoms with E-state index in [1.54, 1.807) is 48.4 Å². The van der Waals surface area contributed by atoms with Gasteiger partial charge in [-0.25, -0.2) is 0 Å². The van der Waals surface area contributed by atoms with E-state index >= 15 is 0 Å². The number of rotatable bonds is 4. The maximum atomic E-state index is 13.2. The molecule has 1 fully saturated rings. The van der Waals surface area contributed by atoms with Crippen molar-refractivity contribution < 1.29 is 19.1 Å². The third kappa shape index (κ3) is 3.55. The molecule has 0 radical (unpaired) electrons. The fourth-order valence-corrected chi connectivity index (χ4v) is 3.98. The van der Waals surface area contributed by atoms with Crippen LogP contribution >= 0.6 is 0 Å². The van der Waals surface area contributed by atoms with Gasteiger partial charge in [0.25, 0.3) is 5.91 Å². The Kier molecular flexibility index (Phi) is 4.96. The molecule has 2 heterocycles. The zero-order valence-corrected chi connectivity index (χ0v) is 16.5. The van der Waals surface area contributed by atoms with Crippen LogP contribution < -0.4 is 15.0 Å². The number of aryl methyl sites for hydroxylation is 1. The first-order valence-corrected chi connectivity index (χ1v) is 9.65. The average Bonchev–Trinajstić information content (AvgIpc) is 3.18. The number of hydrogen-bond acceptors (Lipinski definition) is 4. The number of carbonyl (C=O) groups is 3. The lowest BCUT2D eigenvalue weighted by atomic mass is 10.1. The zero-order valence-electron chi connectivity index (χ0n) is 16.5. The highest BCUT2D eigenvalue weighted by molar-refractivity contribution is 6.13. The second-order valence-electron chi connectivity index (χ2n) is 7.38.